The van der Waals surface area contributed by atoms with Gasteiger partial charge in [0.25, 0.3) is 0 Å². The highest BCUT2D eigenvalue weighted by atomic mass is 35.5. The van der Waals surface area contributed by atoms with E-state index in [0.717, 1.165) is 17.8 Å². The first kappa shape index (κ1) is 21.0. The molecule has 0 saturated heterocycles. The second-order valence-electron chi connectivity index (χ2n) is 4.92. The number of nitrogens with one attached hydrogen (secondary N) is 1. The minimum Gasteiger partial charge on any atom is -0.481 e. The number of carboxylic acids is 1. The quantitative estimate of drug-likeness (QED) is 0.535. The molecule has 2 rings (SSSR count). The molecule has 0 fully saturated rings. The molecule has 1 aromatic heterocycles. The maximum Gasteiger partial charge on any atom is 0.417 e. The molecule has 1 atom stereocenters. The molecule has 1 unspecified atom stereocenters. The first-order valence-electron chi connectivity index (χ1n) is 6.86. The molecule has 2 aromatic rings. The largest absolute Gasteiger partial charge is 0.481 e. The highest BCUT2D eigenvalue weighted by molar-refractivity contribution is 8.00. The predicted molar refractivity (Wildman–Crippen MR) is 97.2 cm³/mol. The van der Waals surface area contributed by atoms with Crippen molar-refractivity contribution in [2.45, 2.75) is 11.6 Å². The van der Waals surface area contributed by atoms with Crippen molar-refractivity contribution in [2.24, 2.45) is 0 Å². The van der Waals surface area contributed by atoms with Gasteiger partial charge in [-0.15, -0.1) is 11.8 Å². The molecule has 1 aromatic carbocycles. The predicted octanol–water partition coefficient (Wildman–Crippen LogP) is 5.99. The van der Waals surface area contributed by atoms with Crippen molar-refractivity contribution in [1.82, 2.24) is 4.98 Å². The Morgan fingerprint density at radius 1 is 1.23 bits per heavy atom. The number of hydrogen-bond donors (Lipinski definition) is 2. The van der Waals surface area contributed by atoms with E-state index < -0.39 is 23.1 Å². The Bertz CT molecular complexity index is 801. The van der Waals surface area contributed by atoms with Gasteiger partial charge in [0.1, 0.15) is 11.2 Å². The molecule has 4 nitrogen and oxygen atoms in total. The molecule has 0 aliphatic carbocycles. The van der Waals surface area contributed by atoms with Crippen molar-refractivity contribution >= 4 is 58.4 Å². The van der Waals surface area contributed by atoms with Crippen LogP contribution in [0.25, 0.3) is 0 Å². The molecule has 26 heavy (non-hydrogen) atoms. The number of aromatic nitrogens is 1. The lowest BCUT2D eigenvalue weighted by molar-refractivity contribution is -0.138. The minimum atomic E-state index is -4.58. The Morgan fingerprint density at radius 3 is 2.35 bits per heavy atom. The van der Waals surface area contributed by atoms with Crippen LogP contribution in [0.4, 0.5) is 19.0 Å². The van der Waals surface area contributed by atoms with Gasteiger partial charge >= 0.3 is 12.1 Å². The van der Waals surface area contributed by atoms with Crippen molar-refractivity contribution in [2.75, 3.05) is 11.1 Å². The van der Waals surface area contributed by atoms with Crippen molar-refractivity contribution < 1.29 is 23.1 Å². The third-order valence-corrected chi connectivity index (χ3v) is 5.12. The number of benzene rings is 1. The summed E-state index contributed by atoms with van der Waals surface area (Å²) in [6, 6.07) is 5.45. The first-order valence-corrected chi connectivity index (χ1v) is 9.04. The molecule has 0 spiro atoms. The molecule has 0 aliphatic heterocycles. The maximum absolute atomic E-state index is 12.7. The number of hydrogen-bond acceptors (Lipinski definition) is 4. The third kappa shape index (κ3) is 5.33. The van der Waals surface area contributed by atoms with Crippen LogP contribution in [0.5, 0.6) is 0 Å². The van der Waals surface area contributed by atoms with E-state index >= 15 is 0 Å². The fourth-order valence-corrected chi connectivity index (χ4v) is 3.83. The monoisotopic (exact) mass is 444 g/mol. The summed E-state index contributed by atoms with van der Waals surface area (Å²) in [5.41, 5.74) is -0.626. The highest BCUT2D eigenvalue weighted by Gasteiger charge is 2.32. The number of thioether (sulfide) groups is 1. The van der Waals surface area contributed by atoms with Crippen LogP contribution in [-0.2, 0) is 11.0 Å². The van der Waals surface area contributed by atoms with Gasteiger partial charge in [-0.3, -0.25) is 4.79 Å². The van der Waals surface area contributed by atoms with Gasteiger partial charge in [-0.05, 0) is 18.2 Å². The molecular formula is C15H10Cl3F3N2O2S. The van der Waals surface area contributed by atoms with Gasteiger partial charge in [0.05, 0.1) is 16.3 Å². The van der Waals surface area contributed by atoms with Gasteiger partial charge < -0.3 is 10.4 Å². The second-order valence-corrected chi connectivity index (χ2v) is 7.23. The smallest absolute Gasteiger partial charge is 0.417 e. The van der Waals surface area contributed by atoms with E-state index in [-0.39, 0.29) is 26.6 Å². The number of halogens is 6. The van der Waals surface area contributed by atoms with Crippen LogP contribution in [0, 0.1) is 0 Å². The Labute approximate surface area is 165 Å². The lowest BCUT2D eigenvalue weighted by Gasteiger charge is -2.22. The number of pyridine rings is 1. The lowest BCUT2D eigenvalue weighted by Crippen LogP contribution is -2.14. The zero-order valence-corrected chi connectivity index (χ0v) is 15.7. The van der Waals surface area contributed by atoms with Crippen molar-refractivity contribution in [3.8, 4) is 0 Å². The fourth-order valence-electron chi connectivity index (χ4n) is 1.94. The summed E-state index contributed by atoms with van der Waals surface area (Å²) in [5.74, 6) is -1.45. The molecular weight excluding hydrogens is 436 g/mol. The van der Waals surface area contributed by atoms with Gasteiger partial charge in [-0.2, -0.15) is 13.2 Å². The molecule has 0 bridgehead atoms. The van der Waals surface area contributed by atoms with Crippen LogP contribution in [0.1, 0.15) is 16.5 Å². The van der Waals surface area contributed by atoms with Gasteiger partial charge in [0.2, 0.25) is 0 Å². The molecule has 140 valence electrons. The molecule has 2 N–H and O–H groups in total. The Balaban J connectivity index is 2.37. The average Bonchev–Trinajstić information content (AvgIpc) is 2.52. The SMILES string of the molecule is O=C(O)CSC(Nc1ncc(C(F)(F)F)cc1Cl)c1c(Cl)cccc1Cl. The summed E-state index contributed by atoms with van der Waals surface area (Å²) in [7, 11) is 0. The summed E-state index contributed by atoms with van der Waals surface area (Å²) >= 11 is 19.1. The number of carboxylic acid groups (broad SMARTS) is 1. The Kier molecular flexibility index (Phi) is 6.90. The lowest BCUT2D eigenvalue weighted by atomic mass is 10.2. The van der Waals surface area contributed by atoms with Crippen LogP contribution in [0.3, 0.4) is 0 Å². The van der Waals surface area contributed by atoms with Crippen molar-refractivity contribution in [1.29, 1.82) is 0 Å². The normalized spacial score (nSPS) is 12.7. The summed E-state index contributed by atoms with van der Waals surface area (Å²) in [5, 5.41) is 11.2. The molecule has 11 heteroatoms. The summed E-state index contributed by atoms with van der Waals surface area (Å²) in [4.78, 5) is 14.6. The average molecular weight is 446 g/mol. The zero-order valence-electron chi connectivity index (χ0n) is 12.6. The number of alkyl halides is 3. The van der Waals surface area contributed by atoms with E-state index in [0.29, 0.717) is 11.8 Å². The van der Waals surface area contributed by atoms with E-state index in [4.69, 9.17) is 39.9 Å². The number of carbonyl (C=O) groups is 1. The van der Waals surface area contributed by atoms with Crippen LogP contribution in [0.15, 0.2) is 30.5 Å². The Hall–Kier alpha value is -1.35. The summed E-state index contributed by atoms with van der Waals surface area (Å²) < 4.78 is 38.2. The highest BCUT2D eigenvalue weighted by Crippen LogP contribution is 2.40. The molecule has 0 aliphatic rings. The summed E-state index contributed by atoms with van der Waals surface area (Å²) in [6.07, 6.45) is -3.96. The number of nitrogens with zero attached hydrogens (tertiary/aromatic N) is 1. The first-order chi connectivity index (χ1) is 12.1. The number of anilines is 1. The van der Waals surface area contributed by atoms with Gasteiger partial charge in [0, 0.05) is 21.8 Å². The molecule has 1 heterocycles. The van der Waals surface area contributed by atoms with Crippen LogP contribution in [0.2, 0.25) is 15.1 Å². The molecule has 0 radical (unpaired) electrons. The third-order valence-electron chi connectivity index (χ3n) is 3.07. The van der Waals surface area contributed by atoms with Gasteiger partial charge in [0.15, 0.2) is 0 Å². The van der Waals surface area contributed by atoms with Gasteiger partial charge in [-0.1, -0.05) is 40.9 Å². The topological polar surface area (TPSA) is 62.2 Å². The Morgan fingerprint density at radius 2 is 1.85 bits per heavy atom. The number of aliphatic carboxylic acids is 1. The van der Waals surface area contributed by atoms with E-state index in [2.05, 4.69) is 10.3 Å². The molecule has 0 saturated carbocycles. The van der Waals surface area contributed by atoms with Crippen LogP contribution < -0.4 is 5.32 Å². The number of rotatable bonds is 6. The fraction of sp³-hybridized carbons (Fsp3) is 0.200. The van der Waals surface area contributed by atoms with Crippen molar-refractivity contribution in [3.05, 3.63) is 56.7 Å². The molecule has 0 amide bonds. The van der Waals surface area contributed by atoms with Crippen LogP contribution in [-0.4, -0.2) is 21.8 Å². The van der Waals surface area contributed by atoms with Crippen molar-refractivity contribution in [3.63, 3.8) is 0 Å². The maximum atomic E-state index is 12.7. The van der Waals surface area contributed by atoms with E-state index in [1.165, 1.54) is 0 Å². The van der Waals surface area contributed by atoms with E-state index in [1.54, 1.807) is 18.2 Å². The summed E-state index contributed by atoms with van der Waals surface area (Å²) in [6.45, 7) is 0. The minimum absolute atomic E-state index is 0.0569. The zero-order chi connectivity index (χ0) is 19.5. The standard InChI is InChI=1S/C15H10Cl3F3N2O2S/c16-8-2-1-3-9(17)12(8)14(26-6-11(24)25)23-13-10(18)4-7(5-22-13)15(19,20)21/h1-5,14H,6H2,(H,22,23)(H,24,25). The van der Waals surface area contributed by atoms with E-state index in [9.17, 15) is 18.0 Å². The van der Waals surface area contributed by atoms with E-state index in [1.807, 2.05) is 0 Å². The van der Waals surface area contributed by atoms with Crippen LogP contribution >= 0.6 is 46.6 Å². The second kappa shape index (κ2) is 8.56. The van der Waals surface area contributed by atoms with Gasteiger partial charge in [-0.25, -0.2) is 4.98 Å².